The number of aliphatic carboxylic acids is 1. The maximum atomic E-state index is 10.9. The van der Waals surface area contributed by atoms with E-state index in [2.05, 4.69) is 39.7 Å². The van der Waals surface area contributed by atoms with Crippen LogP contribution in [0, 0.1) is 3.57 Å². The van der Waals surface area contributed by atoms with Gasteiger partial charge >= 0.3 is 5.97 Å². The molecule has 0 aliphatic rings. The van der Waals surface area contributed by atoms with Crippen LogP contribution in [0.3, 0.4) is 0 Å². The molecule has 0 aliphatic carbocycles. The second kappa shape index (κ2) is 7.66. The zero-order chi connectivity index (χ0) is 18.0. The molecule has 0 amide bonds. The molecule has 0 saturated carbocycles. The molecule has 0 bridgehead atoms. The Balaban J connectivity index is 2.11. The molecule has 0 aliphatic heterocycles. The summed E-state index contributed by atoms with van der Waals surface area (Å²) < 4.78 is 6.47. The molecule has 1 heterocycles. The number of rotatable bonds is 6. The molecule has 3 rings (SSSR count). The summed E-state index contributed by atoms with van der Waals surface area (Å²) in [6, 6.07) is 11.9. The second-order valence-corrected chi connectivity index (χ2v) is 7.42. The predicted molar refractivity (Wildman–Crippen MR) is 109 cm³/mol. The van der Waals surface area contributed by atoms with E-state index >= 15 is 0 Å². The number of benzene rings is 2. The summed E-state index contributed by atoms with van der Waals surface area (Å²) in [5.74, 6) is -0.159. The van der Waals surface area contributed by atoms with Crippen LogP contribution in [0.2, 0.25) is 5.02 Å². The quantitative estimate of drug-likeness (QED) is 0.468. The molecule has 0 fully saturated rings. The first-order valence-electron chi connectivity index (χ1n) is 7.85. The Labute approximate surface area is 164 Å². The molecule has 0 saturated heterocycles. The highest BCUT2D eigenvalue weighted by atomic mass is 127. The maximum absolute atomic E-state index is 10.9. The van der Waals surface area contributed by atoms with Gasteiger partial charge in [0, 0.05) is 32.2 Å². The van der Waals surface area contributed by atoms with Crippen molar-refractivity contribution in [1.82, 2.24) is 4.98 Å². The molecular weight excluding hydrogens is 453 g/mol. The monoisotopic (exact) mass is 469 g/mol. The molecule has 2 aromatic carbocycles. The standard InChI is InChI=1S/C19H17ClINO3/c1-25-17-9-11(5-7-15(17)20)19-13(3-2-4-18(23)24)14-10-12(21)6-8-16(14)22-19/h5-10,22H,2-4H2,1H3,(H,23,24). The van der Waals surface area contributed by atoms with E-state index in [-0.39, 0.29) is 6.42 Å². The van der Waals surface area contributed by atoms with Crippen molar-refractivity contribution in [2.75, 3.05) is 7.11 Å². The summed E-state index contributed by atoms with van der Waals surface area (Å²) >= 11 is 8.43. The van der Waals surface area contributed by atoms with E-state index in [0.29, 0.717) is 23.6 Å². The van der Waals surface area contributed by atoms with Gasteiger partial charge in [-0.3, -0.25) is 4.79 Å². The molecule has 0 unspecified atom stereocenters. The number of nitrogens with one attached hydrogen (secondary N) is 1. The van der Waals surface area contributed by atoms with Gasteiger partial charge in [0.1, 0.15) is 5.75 Å². The number of hydrogen-bond donors (Lipinski definition) is 2. The summed E-state index contributed by atoms with van der Waals surface area (Å²) in [7, 11) is 1.59. The van der Waals surface area contributed by atoms with Crippen molar-refractivity contribution in [3.63, 3.8) is 0 Å². The summed E-state index contributed by atoms with van der Waals surface area (Å²) in [5, 5.41) is 10.6. The lowest BCUT2D eigenvalue weighted by molar-refractivity contribution is -0.137. The van der Waals surface area contributed by atoms with Crippen molar-refractivity contribution in [2.45, 2.75) is 19.3 Å². The van der Waals surface area contributed by atoms with Crippen LogP contribution in [-0.4, -0.2) is 23.2 Å². The SMILES string of the molecule is COc1cc(-c2[nH]c3ccc(I)cc3c2CCCC(=O)O)ccc1Cl. The number of carbonyl (C=O) groups is 1. The zero-order valence-electron chi connectivity index (χ0n) is 13.6. The van der Waals surface area contributed by atoms with Gasteiger partial charge in [0.15, 0.2) is 0 Å². The first-order chi connectivity index (χ1) is 12.0. The first-order valence-corrected chi connectivity index (χ1v) is 9.31. The third kappa shape index (κ3) is 3.93. The van der Waals surface area contributed by atoms with E-state index in [1.165, 1.54) is 0 Å². The molecule has 0 spiro atoms. The highest BCUT2D eigenvalue weighted by molar-refractivity contribution is 14.1. The van der Waals surface area contributed by atoms with Crippen LogP contribution in [-0.2, 0) is 11.2 Å². The number of hydrogen-bond acceptors (Lipinski definition) is 2. The Morgan fingerprint density at radius 1 is 1.28 bits per heavy atom. The number of H-pyrrole nitrogens is 1. The van der Waals surface area contributed by atoms with E-state index in [1.54, 1.807) is 7.11 Å². The minimum Gasteiger partial charge on any atom is -0.495 e. The number of fused-ring (bicyclic) bond motifs is 1. The Bertz CT molecular complexity index is 936. The van der Waals surface area contributed by atoms with E-state index < -0.39 is 5.97 Å². The third-order valence-electron chi connectivity index (χ3n) is 4.13. The summed E-state index contributed by atoms with van der Waals surface area (Å²) in [5.41, 5.74) is 4.11. The van der Waals surface area contributed by atoms with Gasteiger partial charge in [-0.1, -0.05) is 17.7 Å². The molecule has 4 nitrogen and oxygen atoms in total. The molecule has 0 radical (unpaired) electrons. The number of ether oxygens (including phenoxy) is 1. The number of halogens is 2. The largest absolute Gasteiger partial charge is 0.495 e. The molecule has 130 valence electrons. The minimum absolute atomic E-state index is 0.153. The van der Waals surface area contributed by atoms with Crippen LogP contribution in [0.4, 0.5) is 0 Å². The zero-order valence-corrected chi connectivity index (χ0v) is 16.5. The molecule has 3 aromatic rings. The Kier molecular flexibility index (Phi) is 5.54. The van der Waals surface area contributed by atoms with Crippen LogP contribution < -0.4 is 4.74 Å². The maximum Gasteiger partial charge on any atom is 0.303 e. The van der Waals surface area contributed by atoms with Gasteiger partial charge in [0.25, 0.3) is 0 Å². The van der Waals surface area contributed by atoms with Crippen molar-refractivity contribution in [3.05, 3.63) is 50.6 Å². The molecule has 25 heavy (non-hydrogen) atoms. The fourth-order valence-corrected chi connectivity index (χ4v) is 3.64. The predicted octanol–water partition coefficient (Wildman–Crippen LogP) is 5.51. The van der Waals surface area contributed by atoms with Crippen LogP contribution in [0.5, 0.6) is 5.75 Å². The molecule has 6 heteroatoms. The molecule has 1 aromatic heterocycles. The van der Waals surface area contributed by atoms with E-state index in [9.17, 15) is 4.79 Å². The van der Waals surface area contributed by atoms with Crippen molar-refractivity contribution >= 4 is 51.1 Å². The number of aromatic amines is 1. The highest BCUT2D eigenvalue weighted by Crippen LogP contribution is 2.36. The Morgan fingerprint density at radius 3 is 2.80 bits per heavy atom. The summed E-state index contributed by atoms with van der Waals surface area (Å²) in [6.45, 7) is 0. The summed E-state index contributed by atoms with van der Waals surface area (Å²) in [4.78, 5) is 14.3. The van der Waals surface area contributed by atoms with Gasteiger partial charge < -0.3 is 14.8 Å². The highest BCUT2D eigenvalue weighted by Gasteiger charge is 2.15. The second-order valence-electron chi connectivity index (χ2n) is 5.77. The van der Waals surface area contributed by atoms with E-state index in [0.717, 1.165) is 31.3 Å². The van der Waals surface area contributed by atoms with Crippen molar-refractivity contribution < 1.29 is 14.6 Å². The van der Waals surface area contributed by atoms with Crippen LogP contribution >= 0.6 is 34.2 Å². The van der Waals surface area contributed by atoms with Crippen LogP contribution in [0.25, 0.3) is 22.2 Å². The van der Waals surface area contributed by atoms with Gasteiger partial charge in [0.05, 0.1) is 12.1 Å². The average molecular weight is 470 g/mol. The van der Waals surface area contributed by atoms with Crippen molar-refractivity contribution in [2.24, 2.45) is 0 Å². The van der Waals surface area contributed by atoms with Gasteiger partial charge in [-0.2, -0.15) is 0 Å². The molecule has 0 atom stereocenters. The first kappa shape index (κ1) is 18.1. The molecule has 2 N–H and O–H groups in total. The lowest BCUT2D eigenvalue weighted by Gasteiger charge is -2.08. The van der Waals surface area contributed by atoms with Gasteiger partial charge in [-0.15, -0.1) is 0 Å². The number of carboxylic acids is 1. The Morgan fingerprint density at radius 2 is 2.08 bits per heavy atom. The van der Waals surface area contributed by atoms with Crippen LogP contribution in [0.15, 0.2) is 36.4 Å². The average Bonchev–Trinajstić information content (AvgIpc) is 2.93. The lowest BCUT2D eigenvalue weighted by atomic mass is 10.00. The molecular formula is C19H17ClINO3. The van der Waals surface area contributed by atoms with E-state index in [1.807, 2.05) is 24.3 Å². The third-order valence-corrected chi connectivity index (χ3v) is 5.11. The summed E-state index contributed by atoms with van der Waals surface area (Å²) in [6.07, 6.45) is 1.43. The number of aryl methyl sites for hydroxylation is 1. The number of methoxy groups -OCH3 is 1. The normalized spacial score (nSPS) is 11.0. The Hall–Kier alpha value is -1.73. The fraction of sp³-hybridized carbons (Fsp3) is 0.211. The fourth-order valence-electron chi connectivity index (χ4n) is 2.96. The number of aromatic nitrogens is 1. The van der Waals surface area contributed by atoms with Crippen molar-refractivity contribution in [3.8, 4) is 17.0 Å². The van der Waals surface area contributed by atoms with Gasteiger partial charge in [-0.25, -0.2) is 0 Å². The van der Waals surface area contributed by atoms with Crippen LogP contribution in [0.1, 0.15) is 18.4 Å². The lowest BCUT2D eigenvalue weighted by Crippen LogP contribution is -1.97. The van der Waals surface area contributed by atoms with Gasteiger partial charge in [0.2, 0.25) is 0 Å². The number of carboxylic acid groups (broad SMARTS) is 1. The minimum atomic E-state index is -0.774. The topological polar surface area (TPSA) is 62.3 Å². The van der Waals surface area contributed by atoms with Crippen molar-refractivity contribution in [1.29, 1.82) is 0 Å². The van der Waals surface area contributed by atoms with Gasteiger partial charge in [-0.05, 0) is 71.3 Å². The smallest absolute Gasteiger partial charge is 0.303 e. The van der Waals surface area contributed by atoms with E-state index in [4.69, 9.17) is 21.4 Å².